The zero-order chi connectivity index (χ0) is 21.4. The van der Waals surface area contributed by atoms with Gasteiger partial charge in [-0.1, -0.05) is 64.5 Å². The molecule has 0 aliphatic carbocycles. The highest BCUT2D eigenvalue weighted by atomic mass is 32.2. The Bertz CT molecular complexity index is 1060. The molecule has 5 heteroatoms. The Morgan fingerprint density at radius 3 is 2.34 bits per heavy atom. The fourth-order valence-corrected chi connectivity index (χ4v) is 5.33. The average Bonchev–Trinajstić information content (AvgIpc) is 2.60. The van der Waals surface area contributed by atoms with Crippen LogP contribution in [0.25, 0.3) is 0 Å². The van der Waals surface area contributed by atoms with E-state index < -0.39 is 9.84 Å². The number of carbonyl (C=O) groups excluding carboxylic acids is 1. The fourth-order valence-electron chi connectivity index (χ4n) is 3.72. The Kier molecular flexibility index (Phi) is 5.72. The van der Waals surface area contributed by atoms with E-state index in [1.165, 1.54) is 0 Å². The van der Waals surface area contributed by atoms with Gasteiger partial charge in [0.1, 0.15) is 0 Å². The quantitative estimate of drug-likeness (QED) is 0.582. The van der Waals surface area contributed by atoms with E-state index in [4.69, 9.17) is 0 Å². The van der Waals surface area contributed by atoms with Crippen molar-refractivity contribution in [1.82, 2.24) is 0 Å². The maximum Gasteiger partial charge on any atom is 0.232 e. The van der Waals surface area contributed by atoms with Gasteiger partial charge in [-0.3, -0.25) is 9.69 Å². The number of hydrogen-bond acceptors (Lipinski definition) is 3. The molecule has 29 heavy (non-hydrogen) atoms. The molecule has 0 atom stereocenters. The van der Waals surface area contributed by atoms with Gasteiger partial charge in [0, 0.05) is 6.42 Å². The molecule has 1 heterocycles. The number of rotatable bonds is 5. The highest BCUT2D eigenvalue weighted by Crippen LogP contribution is 2.45. The smallest absolute Gasteiger partial charge is 0.232 e. The minimum Gasteiger partial charge on any atom is -0.278 e. The van der Waals surface area contributed by atoms with Crippen LogP contribution in [-0.4, -0.2) is 14.3 Å². The van der Waals surface area contributed by atoms with Crippen LogP contribution in [0, 0.1) is 5.41 Å². The van der Waals surface area contributed by atoms with Gasteiger partial charge in [0.05, 0.1) is 21.2 Å². The summed E-state index contributed by atoms with van der Waals surface area (Å²) in [5.74, 6) is -0.106. The SMILES string of the molecule is C=C(CCC)Cc1ccc2c(c1)N(C(=O)CC(C)(C)C)c1ccccc1S2(=O)=O. The summed E-state index contributed by atoms with van der Waals surface area (Å²) in [7, 11) is -3.68. The Morgan fingerprint density at radius 1 is 1.03 bits per heavy atom. The van der Waals surface area contributed by atoms with Crippen molar-refractivity contribution >= 4 is 27.1 Å². The normalized spacial score (nSPS) is 14.8. The standard InChI is InChI=1S/C24H29NO3S/c1-6-9-17(2)14-18-12-13-22-20(15-18)25(23(26)16-24(3,4)5)19-10-7-8-11-21(19)29(22,27)28/h7-8,10-13,15H,2,6,9,14,16H2,1,3-5H3. The highest BCUT2D eigenvalue weighted by Gasteiger charge is 2.37. The molecule has 0 saturated heterocycles. The molecule has 0 spiro atoms. The second kappa shape index (κ2) is 7.79. The number of benzene rings is 2. The second-order valence-electron chi connectivity index (χ2n) is 8.92. The van der Waals surface area contributed by atoms with E-state index in [1.807, 2.05) is 32.9 Å². The van der Waals surface area contributed by atoms with E-state index in [0.717, 1.165) is 24.0 Å². The zero-order valence-electron chi connectivity index (χ0n) is 17.7. The molecule has 3 rings (SSSR count). The summed E-state index contributed by atoms with van der Waals surface area (Å²) in [5.41, 5.74) is 2.72. The summed E-state index contributed by atoms with van der Waals surface area (Å²) in [6.07, 6.45) is 2.92. The molecule has 2 aromatic carbocycles. The van der Waals surface area contributed by atoms with Gasteiger partial charge in [-0.25, -0.2) is 8.42 Å². The van der Waals surface area contributed by atoms with Crippen LogP contribution in [0.5, 0.6) is 0 Å². The lowest BCUT2D eigenvalue weighted by Gasteiger charge is -2.33. The van der Waals surface area contributed by atoms with Gasteiger partial charge in [0.2, 0.25) is 15.7 Å². The van der Waals surface area contributed by atoms with Gasteiger partial charge in [-0.2, -0.15) is 0 Å². The molecule has 154 valence electrons. The lowest BCUT2D eigenvalue weighted by Crippen LogP contribution is -2.34. The number of amides is 1. The van der Waals surface area contributed by atoms with Gasteiger partial charge < -0.3 is 0 Å². The van der Waals surface area contributed by atoms with Crippen molar-refractivity contribution in [2.24, 2.45) is 5.41 Å². The molecule has 1 aliphatic heterocycles. The number of sulfone groups is 1. The number of anilines is 2. The summed E-state index contributed by atoms with van der Waals surface area (Å²) in [5, 5.41) is 0. The van der Waals surface area contributed by atoms with Crippen molar-refractivity contribution in [3.8, 4) is 0 Å². The van der Waals surface area contributed by atoms with Crippen LogP contribution >= 0.6 is 0 Å². The topological polar surface area (TPSA) is 54.5 Å². The number of hydrogen-bond donors (Lipinski definition) is 0. The lowest BCUT2D eigenvalue weighted by atomic mass is 9.91. The Labute approximate surface area is 174 Å². The van der Waals surface area contributed by atoms with Crippen molar-refractivity contribution in [3.63, 3.8) is 0 Å². The summed E-state index contributed by atoms with van der Waals surface area (Å²) in [6, 6.07) is 12.0. The van der Waals surface area contributed by atoms with Crippen molar-refractivity contribution in [1.29, 1.82) is 0 Å². The second-order valence-corrected chi connectivity index (χ2v) is 10.8. The summed E-state index contributed by atoms with van der Waals surface area (Å²) in [6.45, 7) is 12.2. The zero-order valence-corrected chi connectivity index (χ0v) is 18.5. The minimum atomic E-state index is -3.68. The van der Waals surface area contributed by atoms with E-state index >= 15 is 0 Å². The van der Waals surface area contributed by atoms with Crippen LogP contribution in [0.1, 0.15) is 52.5 Å². The highest BCUT2D eigenvalue weighted by molar-refractivity contribution is 7.92. The van der Waals surface area contributed by atoms with Crippen LogP contribution in [0.2, 0.25) is 0 Å². The van der Waals surface area contributed by atoms with Crippen molar-refractivity contribution in [3.05, 3.63) is 60.2 Å². The molecule has 0 aromatic heterocycles. The number of carbonyl (C=O) groups is 1. The largest absolute Gasteiger partial charge is 0.278 e. The van der Waals surface area contributed by atoms with Crippen LogP contribution < -0.4 is 4.90 Å². The Morgan fingerprint density at radius 2 is 1.69 bits per heavy atom. The van der Waals surface area contributed by atoms with Gasteiger partial charge in [-0.15, -0.1) is 0 Å². The third-order valence-corrected chi connectivity index (χ3v) is 6.79. The van der Waals surface area contributed by atoms with Gasteiger partial charge in [0.15, 0.2) is 0 Å². The first-order valence-corrected chi connectivity index (χ1v) is 11.5. The first kappa shape index (κ1) is 21.3. The van der Waals surface area contributed by atoms with E-state index in [-0.39, 0.29) is 21.1 Å². The summed E-state index contributed by atoms with van der Waals surface area (Å²) in [4.78, 5) is 15.2. The molecular formula is C24H29NO3S. The monoisotopic (exact) mass is 411 g/mol. The Hall–Kier alpha value is -2.40. The third-order valence-electron chi connectivity index (χ3n) is 4.94. The summed E-state index contributed by atoms with van der Waals surface area (Å²) < 4.78 is 26.5. The molecule has 0 fully saturated rings. The molecule has 0 radical (unpaired) electrons. The van der Waals surface area contributed by atoms with Crippen LogP contribution in [-0.2, 0) is 21.1 Å². The molecule has 0 unspecified atom stereocenters. The lowest BCUT2D eigenvalue weighted by molar-refractivity contribution is -0.119. The summed E-state index contributed by atoms with van der Waals surface area (Å²) >= 11 is 0. The maximum atomic E-state index is 13.3. The number of para-hydroxylation sites is 1. The van der Waals surface area contributed by atoms with Gasteiger partial charge in [0.25, 0.3) is 0 Å². The molecule has 1 amide bonds. The van der Waals surface area contributed by atoms with E-state index in [1.54, 1.807) is 35.2 Å². The number of allylic oxidation sites excluding steroid dienone is 1. The molecule has 0 saturated carbocycles. The predicted molar refractivity (Wildman–Crippen MR) is 117 cm³/mol. The maximum absolute atomic E-state index is 13.3. The van der Waals surface area contributed by atoms with Gasteiger partial charge in [-0.05, 0) is 48.1 Å². The third kappa shape index (κ3) is 4.30. The molecule has 2 aromatic rings. The number of fused-ring (bicyclic) bond motifs is 2. The predicted octanol–water partition coefficient (Wildman–Crippen LogP) is 5.83. The van der Waals surface area contributed by atoms with Crippen LogP contribution in [0.15, 0.2) is 64.4 Å². The first-order chi connectivity index (χ1) is 13.5. The molecular weight excluding hydrogens is 382 g/mol. The Balaban J connectivity index is 2.16. The van der Waals surface area contributed by atoms with Crippen molar-refractivity contribution < 1.29 is 13.2 Å². The van der Waals surface area contributed by atoms with Crippen LogP contribution in [0.3, 0.4) is 0 Å². The van der Waals surface area contributed by atoms with E-state index in [9.17, 15) is 13.2 Å². The van der Waals surface area contributed by atoms with E-state index in [0.29, 0.717) is 24.2 Å². The molecule has 0 N–H and O–H groups in total. The van der Waals surface area contributed by atoms with Gasteiger partial charge >= 0.3 is 0 Å². The van der Waals surface area contributed by atoms with Crippen LogP contribution in [0.4, 0.5) is 11.4 Å². The molecule has 4 nitrogen and oxygen atoms in total. The fraction of sp³-hybridized carbons (Fsp3) is 0.375. The molecule has 0 bridgehead atoms. The number of nitrogens with zero attached hydrogens (tertiary/aromatic N) is 1. The average molecular weight is 412 g/mol. The van der Waals surface area contributed by atoms with Crippen molar-refractivity contribution in [2.75, 3.05) is 4.90 Å². The van der Waals surface area contributed by atoms with Crippen molar-refractivity contribution in [2.45, 2.75) is 63.2 Å². The first-order valence-electron chi connectivity index (χ1n) is 10.0. The van der Waals surface area contributed by atoms with E-state index in [2.05, 4.69) is 13.5 Å². The molecule has 1 aliphatic rings. The minimum absolute atomic E-state index is 0.106.